The van der Waals surface area contributed by atoms with Crippen LogP contribution in [-0.4, -0.2) is 51.6 Å². The van der Waals surface area contributed by atoms with E-state index < -0.39 is 24.3 Å². The molecule has 3 saturated heterocycles. The Morgan fingerprint density at radius 1 is 1.03 bits per heavy atom. The molecule has 1 aromatic carbocycles. The van der Waals surface area contributed by atoms with Crippen LogP contribution in [0, 0.1) is 5.41 Å². The van der Waals surface area contributed by atoms with Crippen molar-refractivity contribution in [1.82, 2.24) is 0 Å². The molecule has 1 aromatic rings. The number of carbonyl (C=O) groups excluding carboxylic acids is 1. The lowest BCUT2D eigenvalue weighted by atomic mass is 9.59. The van der Waals surface area contributed by atoms with Gasteiger partial charge in [-0.15, -0.1) is 0 Å². The molecule has 3 heterocycles. The number of ether oxygens (including phenoxy) is 7. The normalized spacial score (nSPS) is 38.7. The summed E-state index contributed by atoms with van der Waals surface area (Å²) in [6, 6.07) is 3.89. The Morgan fingerprint density at radius 3 is 2.37 bits per heavy atom. The first-order valence-corrected chi connectivity index (χ1v) is 10.4. The summed E-state index contributed by atoms with van der Waals surface area (Å²) in [4.78, 5) is 11.7. The molecule has 1 aliphatic carbocycles. The number of hydrogen-bond acceptors (Lipinski definition) is 8. The quantitative estimate of drug-likeness (QED) is 0.672. The van der Waals surface area contributed by atoms with E-state index in [1.807, 2.05) is 12.1 Å². The number of rotatable bonds is 5. The minimum absolute atomic E-state index is 0.261. The van der Waals surface area contributed by atoms with Crippen LogP contribution in [-0.2, 0) is 23.7 Å². The monoisotopic (exact) mass is 420 g/mol. The summed E-state index contributed by atoms with van der Waals surface area (Å²) in [6.07, 6.45) is 2.73. The van der Waals surface area contributed by atoms with E-state index in [-0.39, 0.29) is 17.5 Å². The molecule has 3 aliphatic heterocycles. The summed E-state index contributed by atoms with van der Waals surface area (Å²) in [6.45, 7) is 1.39. The highest BCUT2D eigenvalue weighted by Crippen LogP contribution is 2.71. The molecule has 0 aromatic heterocycles. The Balaban J connectivity index is 1.62. The third-order valence-electron chi connectivity index (χ3n) is 7.19. The number of fused-ring (bicyclic) bond motifs is 1. The maximum Gasteiger partial charge on any atom is 0.305 e. The Labute approximate surface area is 175 Å². The third-order valence-corrected chi connectivity index (χ3v) is 7.19. The van der Waals surface area contributed by atoms with Crippen LogP contribution in [0.2, 0.25) is 0 Å². The van der Waals surface area contributed by atoms with Gasteiger partial charge < -0.3 is 33.2 Å². The molecule has 0 amide bonds. The van der Waals surface area contributed by atoms with Gasteiger partial charge in [0.25, 0.3) is 0 Å². The Kier molecular flexibility index (Phi) is 4.65. The molecule has 6 atom stereocenters. The van der Waals surface area contributed by atoms with Crippen LogP contribution in [0.5, 0.6) is 17.2 Å². The topological polar surface area (TPSA) is 81.7 Å². The van der Waals surface area contributed by atoms with Crippen molar-refractivity contribution < 1.29 is 38.0 Å². The Hall–Kier alpha value is -2.03. The fourth-order valence-electron chi connectivity index (χ4n) is 6.14. The SMILES string of the molecule is COc1cc([C@H]2O[C@H]3[C@H](OC(C)=O)O[C@H]4C[C@@]25CCCC[C@@]35O4)cc(OC)c1OC. The zero-order valence-corrected chi connectivity index (χ0v) is 17.8. The van der Waals surface area contributed by atoms with Gasteiger partial charge in [-0.1, -0.05) is 12.8 Å². The summed E-state index contributed by atoms with van der Waals surface area (Å²) < 4.78 is 41.2. The van der Waals surface area contributed by atoms with Gasteiger partial charge in [-0.3, -0.25) is 4.79 Å². The number of methoxy groups -OCH3 is 3. The minimum atomic E-state index is -0.770. The van der Waals surface area contributed by atoms with Crippen molar-refractivity contribution in [2.75, 3.05) is 21.3 Å². The lowest BCUT2D eigenvalue weighted by Crippen LogP contribution is -2.58. The first-order valence-electron chi connectivity index (χ1n) is 10.4. The fourth-order valence-corrected chi connectivity index (χ4v) is 6.14. The molecule has 0 N–H and O–H groups in total. The molecule has 30 heavy (non-hydrogen) atoms. The van der Waals surface area contributed by atoms with Crippen molar-refractivity contribution in [3.05, 3.63) is 17.7 Å². The predicted octanol–water partition coefficient (Wildman–Crippen LogP) is 3.12. The molecular weight excluding hydrogens is 392 g/mol. The highest BCUT2D eigenvalue weighted by Gasteiger charge is 2.77. The average molecular weight is 420 g/mol. The maximum absolute atomic E-state index is 11.7. The minimum Gasteiger partial charge on any atom is -0.493 e. The van der Waals surface area contributed by atoms with Crippen molar-refractivity contribution in [3.63, 3.8) is 0 Å². The van der Waals surface area contributed by atoms with E-state index in [1.54, 1.807) is 21.3 Å². The molecule has 8 nitrogen and oxygen atoms in total. The van der Waals surface area contributed by atoms with E-state index in [9.17, 15) is 4.79 Å². The maximum atomic E-state index is 11.7. The van der Waals surface area contributed by atoms with Crippen molar-refractivity contribution in [1.29, 1.82) is 0 Å². The van der Waals surface area contributed by atoms with Crippen LogP contribution < -0.4 is 14.2 Å². The van der Waals surface area contributed by atoms with E-state index in [4.69, 9.17) is 33.2 Å². The molecule has 0 radical (unpaired) electrons. The summed E-state index contributed by atoms with van der Waals surface area (Å²) in [7, 11) is 4.79. The second kappa shape index (κ2) is 7.00. The van der Waals surface area contributed by atoms with Gasteiger partial charge in [0.1, 0.15) is 5.60 Å². The summed E-state index contributed by atoms with van der Waals surface area (Å²) in [5, 5.41) is 0. The summed E-state index contributed by atoms with van der Waals surface area (Å²) in [5.74, 6) is 1.31. The third kappa shape index (κ3) is 2.53. The van der Waals surface area contributed by atoms with Crippen LogP contribution in [0.15, 0.2) is 12.1 Å². The number of benzene rings is 1. The van der Waals surface area contributed by atoms with Gasteiger partial charge in [0.05, 0.1) is 27.4 Å². The molecule has 1 spiro atoms. The summed E-state index contributed by atoms with van der Waals surface area (Å²) >= 11 is 0. The van der Waals surface area contributed by atoms with Crippen LogP contribution in [0.25, 0.3) is 0 Å². The standard InChI is InChI=1S/C22H28O8/c1-12(23)27-20-19-22-8-6-5-7-21(22,11-16(28-20)30-22)18(29-19)13-9-14(24-2)17(26-4)15(10-13)25-3/h9-10,16,18-20H,5-8,11H2,1-4H3/t16-,18-,19+,20-,21+,22-/m1/s1. The molecule has 4 fully saturated rings. The van der Waals surface area contributed by atoms with Crippen molar-refractivity contribution >= 4 is 5.97 Å². The highest BCUT2D eigenvalue weighted by molar-refractivity contribution is 5.66. The van der Waals surface area contributed by atoms with Gasteiger partial charge in [-0.25, -0.2) is 0 Å². The number of esters is 1. The van der Waals surface area contributed by atoms with E-state index >= 15 is 0 Å². The van der Waals surface area contributed by atoms with Crippen LogP contribution in [0.1, 0.15) is 50.7 Å². The smallest absolute Gasteiger partial charge is 0.305 e. The largest absolute Gasteiger partial charge is 0.493 e. The van der Waals surface area contributed by atoms with Gasteiger partial charge in [-0.2, -0.15) is 0 Å². The van der Waals surface area contributed by atoms with E-state index in [0.717, 1.165) is 31.2 Å². The molecule has 4 aliphatic rings. The van der Waals surface area contributed by atoms with Crippen molar-refractivity contribution in [2.45, 2.75) is 69.4 Å². The highest BCUT2D eigenvalue weighted by atomic mass is 16.8. The molecule has 1 saturated carbocycles. The number of carbonyl (C=O) groups is 1. The molecule has 0 unspecified atom stereocenters. The van der Waals surface area contributed by atoms with Gasteiger partial charge in [0.15, 0.2) is 23.9 Å². The second-order valence-corrected chi connectivity index (χ2v) is 8.51. The Bertz CT molecular complexity index is 831. The zero-order valence-electron chi connectivity index (χ0n) is 17.8. The Morgan fingerprint density at radius 2 is 1.73 bits per heavy atom. The second-order valence-electron chi connectivity index (χ2n) is 8.51. The van der Waals surface area contributed by atoms with Gasteiger partial charge >= 0.3 is 5.97 Å². The van der Waals surface area contributed by atoms with E-state index in [1.165, 1.54) is 6.92 Å². The van der Waals surface area contributed by atoms with E-state index in [0.29, 0.717) is 23.7 Å². The van der Waals surface area contributed by atoms with Crippen molar-refractivity contribution in [2.24, 2.45) is 5.41 Å². The zero-order chi connectivity index (χ0) is 21.1. The lowest BCUT2D eigenvalue weighted by Gasteiger charge is -2.47. The van der Waals surface area contributed by atoms with E-state index in [2.05, 4.69) is 0 Å². The van der Waals surface area contributed by atoms with Gasteiger partial charge in [0, 0.05) is 18.8 Å². The van der Waals surface area contributed by atoms with Gasteiger partial charge in [0.2, 0.25) is 12.0 Å². The van der Waals surface area contributed by atoms with Gasteiger partial charge in [-0.05, 0) is 30.5 Å². The molecule has 164 valence electrons. The fraction of sp³-hybridized carbons (Fsp3) is 0.682. The molecule has 5 rings (SSSR count). The molecular formula is C22H28O8. The van der Waals surface area contributed by atoms with Crippen LogP contribution >= 0.6 is 0 Å². The average Bonchev–Trinajstić information content (AvgIpc) is 3.18. The van der Waals surface area contributed by atoms with Crippen LogP contribution in [0.3, 0.4) is 0 Å². The first-order chi connectivity index (χ1) is 14.5. The predicted molar refractivity (Wildman–Crippen MR) is 103 cm³/mol. The molecule has 8 heteroatoms. The summed E-state index contributed by atoms with van der Waals surface area (Å²) in [5.41, 5.74) is 0.144. The lowest BCUT2D eigenvalue weighted by molar-refractivity contribution is -0.341. The van der Waals surface area contributed by atoms with Crippen molar-refractivity contribution in [3.8, 4) is 17.2 Å². The molecule has 2 bridgehead atoms. The van der Waals surface area contributed by atoms with Crippen LogP contribution in [0.4, 0.5) is 0 Å². The first kappa shape index (κ1) is 19.9. The number of hydrogen-bond donors (Lipinski definition) is 0.